The number of pyridine rings is 1. The van der Waals surface area contributed by atoms with Crippen molar-refractivity contribution in [1.82, 2.24) is 19.7 Å². The van der Waals surface area contributed by atoms with Crippen molar-refractivity contribution >= 4 is 28.4 Å². The molecule has 0 aliphatic carbocycles. The van der Waals surface area contributed by atoms with Crippen molar-refractivity contribution in [3.63, 3.8) is 0 Å². The Morgan fingerprint density at radius 3 is 2.76 bits per heavy atom. The summed E-state index contributed by atoms with van der Waals surface area (Å²) in [5.74, 6) is 2.24. The normalized spacial score (nSPS) is 16.2. The van der Waals surface area contributed by atoms with E-state index in [2.05, 4.69) is 72.4 Å². The molecule has 1 fully saturated rings. The Kier molecular flexibility index (Phi) is 5.77. The number of nitrogens with one attached hydrogen (secondary N) is 1. The molecule has 1 N–H and O–H groups in total. The van der Waals surface area contributed by atoms with Crippen LogP contribution in [0, 0.1) is 12.8 Å². The highest BCUT2D eigenvalue weighted by atomic mass is 16.2. The van der Waals surface area contributed by atoms with Gasteiger partial charge >= 0.3 is 0 Å². The molecule has 1 amide bonds. The van der Waals surface area contributed by atoms with Gasteiger partial charge in [-0.25, -0.2) is 4.98 Å². The first kappa shape index (κ1) is 21.1. The van der Waals surface area contributed by atoms with Crippen molar-refractivity contribution < 1.29 is 4.79 Å². The number of benzene rings is 2. The fourth-order valence-electron chi connectivity index (χ4n) is 4.53. The second kappa shape index (κ2) is 9.02. The third-order valence-electron chi connectivity index (χ3n) is 6.33. The Morgan fingerprint density at radius 2 is 1.91 bits per heavy atom. The number of fused-ring (bicyclic) bond motifs is 1. The average Bonchev–Trinajstić information content (AvgIpc) is 3.19. The third-order valence-corrected chi connectivity index (χ3v) is 6.33. The number of hydrogen-bond donors (Lipinski definition) is 1. The summed E-state index contributed by atoms with van der Waals surface area (Å²) < 4.78 is 2.05. The lowest BCUT2D eigenvalue weighted by Gasteiger charge is -2.32. The van der Waals surface area contributed by atoms with Crippen LogP contribution in [0.5, 0.6) is 0 Å². The van der Waals surface area contributed by atoms with E-state index in [4.69, 9.17) is 0 Å². The van der Waals surface area contributed by atoms with Gasteiger partial charge in [0.15, 0.2) is 0 Å². The molecule has 0 saturated carbocycles. The fourth-order valence-corrected chi connectivity index (χ4v) is 4.53. The first-order valence-electron chi connectivity index (χ1n) is 11.4. The van der Waals surface area contributed by atoms with E-state index in [1.165, 1.54) is 16.3 Å². The second-order valence-corrected chi connectivity index (χ2v) is 8.77. The van der Waals surface area contributed by atoms with Crippen molar-refractivity contribution in [3.05, 3.63) is 77.7 Å². The Balaban J connectivity index is 1.28. The zero-order valence-corrected chi connectivity index (χ0v) is 19.0. The molecule has 0 radical (unpaired) electrons. The number of carbonyl (C=O) groups excluding carboxylic acids is 1. The van der Waals surface area contributed by atoms with Crippen LogP contribution in [0.4, 0.5) is 11.8 Å². The van der Waals surface area contributed by atoms with Crippen molar-refractivity contribution in [2.75, 3.05) is 23.3 Å². The molecule has 1 aliphatic heterocycles. The van der Waals surface area contributed by atoms with Gasteiger partial charge in [0, 0.05) is 32.3 Å². The molecule has 1 unspecified atom stereocenters. The smallest absolute Gasteiger partial charge is 0.230 e. The summed E-state index contributed by atoms with van der Waals surface area (Å²) in [6, 6.07) is 20.5. The molecule has 1 aliphatic rings. The number of carbonyl (C=O) groups is 1. The summed E-state index contributed by atoms with van der Waals surface area (Å²) in [5, 5.41) is 14.4. The van der Waals surface area contributed by atoms with Gasteiger partial charge < -0.3 is 14.8 Å². The van der Waals surface area contributed by atoms with E-state index in [0.29, 0.717) is 18.8 Å². The zero-order valence-electron chi connectivity index (χ0n) is 19.0. The number of anilines is 2. The van der Waals surface area contributed by atoms with Gasteiger partial charge in [0.25, 0.3) is 0 Å². The molecular weight excluding hydrogens is 412 g/mol. The SMILES string of the molecule is Cc1cccc(NC(=O)C2CCCN(c3nnc(Cc4ccc5ccccc5c4)n3C)C2)n1. The van der Waals surface area contributed by atoms with E-state index < -0.39 is 0 Å². The maximum Gasteiger partial charge on any atom is 0.230 e. The lowest BCUT2D eigenvalue weighted by atomic mass is 9.97. The van der Waals surface area contributed by atoms with Gasteiger partial charge in [-0.15, -0.1) is 10.2 Å². The van der Waals surface area contributed by atoms with Crippen molar-refractivity contribution in [2.45, 2.75) is 26.2 Å². The van der Waals surface area contributed by atoms with Crippen molar-refractivity contribution in [1.29, 1.82) is 0 Å². The highest BCUT2D eigenvalue weighted by Crippen LogP contribution is 2.24. The number of piperidine rings is 1. The molecule has 4 aromatic rings. The standard InChI is InChI=1S/C26H28N6O/c1-18-7-5-11-23(27-18)28-25(33)22-10-6-14-32(17-22)26-30-29-24(31(26)2)16-19-12-13-20-8-3-4-9-21(20)15-19/h3-5,7-9,11-13,15,22H,6,10,14,16-17H2,1-2H3,(H,27,28,33). The zero-order chi connectivity index (χ0) is 22.8. The van der Waals surface area contributed by atoms with Gasteiger partial charge in [-0.2, -0.15) is 0 Å². The van der Waals surface area contributed by atoms with Crippen LogP contribution in [0.1, 0.15) is 29.9 Å². The Morgan fingerprint density at radius 1 is 1.06 bits per heavy atom. The first-order chi connectivity index (χ1) is 16.1. The van der Waals surface area contributed by atoms with Crippen LogP contribution < -0.4 is 10.2 Å². The third kappa shape index (κ3) is 4.58. The predicted molar refractivity (Wildman–Crippen MR) is 130 cm³/mol. The molecule has 2 aromatic heterocycles. The number of nitrogens with zero attached hydrogens (tertiary/aromatic N) is 5. The maximum atomic E-state index is 12.9. The summed E-state index contributed by atoms with van der Waals surface area (Å²) in [6.45, 7) is 3.41. The molecule has 168 valence electrons. The Hall–Kier alpha value is -3.74. The summed E-state index contributed by atoms with van der Waals surface area (Å²) in [6.07, 6.45) is 2.51. The molecule has 33 heavy (non-hydrogen) atoms. The quantitative estimate of drug-likeness (QED) is 0.505. The molecule has 5 rings (SSSR count). The van der Waals surface area contributed by atoms with E-state index in [1.54, 1.807) is 0 Å². The van der Waals surface area contributed by atoms with E-state index >= 15 is 0 Å². The topological polar surface area (TPSA) is 75.9 Å². The Bertz CT molecular complexity index is 1300. The molecule has 0 bridgehead atoms. The second-order valence-electron chi connectivity index (χ2n) is 8.77. The van der Waals surface area contributed by atoms with Gasteiger partial charge in [-0.05, 0) is 48.2 Å². The van der Waals surface area contributed by atoms with Crippen LogP contribution in [0.25, 0.3) is 10.8 Å². The lowest BCUT2D eigenvalue weighted by molar-refractivity contribution is -0.120. The molecule has 2 aromatic carbocycles. The van der Waals surface area contributed by atoms with Gasteiger partial charge in [0.1, 0.15) is 11.6 Å². The summed E-state index contributed by atoms with van der Waals surface area (Å²) in [5.41, 5.74) is 2.09. The van der Waals surface area contributed by atoms with E-state index in [0.717, 1.165) is 36.9 Å². The van der Waals surface area contributed by atoms with Gasteiger partial charge in [-0.3, -0.25) is 4.79 Å². The van der Waals surface area contributed by atoms with E-state index in [9.17, 15) is 4.79 Å². The van der Waals surface area contributed by atoms with E-state index in [-0.39, 0.29) is 11.8 Å². The van der Waals surface area contributed by atoms with Crippen LogP contribution in [0.2, 0.25) is 0 Å². The summed E-state index contributed by atoms with van der Waals surface area (Å²) >= 11 is 0. The van der Waals surface area contributed by atoms with Crippen LogP contribution in [0.15, 0.2) is 60.7 Å². The minimum Gasteiger partial charge on any atom is -0.340 e. The number of hydrogen-bond acceptors (Lipinski definition) is 5. The molecule has 0 spiro atoms. The highest BCUT2D eigenvalue weighted by molar-refractivity contribution is 5.92. The van der Waals surface area contributed by atoms with Gasteiger partial charge in [0.05, 0.1) is 5.92 Å². The average molecular weight is 441 g/mol. The highest BCUT2D eigenvalue weighted by Gasteiger charge is 2.28. The largest absolute Gasteiger partial charge is 0.340 e. The Labute approximate surface area is 193 Å². The minimum absolute atomic E-state index is 0.0105. The molecular formula is C26H28N6O. The number of aryl methyl sites for hydroxylation is 1. The molecule has 7 nitrogen and oxygen atoms in total. The molecule has 1 atom stereocenters. The predicted octanol–water partition coefficient (Wildman–Crippen LogP) is 4.12. The van der Waals surface area contributed by atoms with E-state index in [1.807, 2.05) is 32.2 Å². The van der Waals surface area contributed by atoms with Crippen molar-refractivity contribution in [3.8, 4) is 0 Å². The summed E-state index contributed by atoms with van der Waals surface area (Å²) in [4.78, 5) is 19.4. The maximum absolute atomic E-state index is 12.9. The molecule has 1 saturated heterocycles. The first-order valence-corrected chi connectivity index (χ1v) is 11.4. The number of amides is 1. The number of aromatic nitrogens is 4. The number of rotatable bonds is 5. The van der Waals surface area contributed by atoms with Crippen molar-refractivity contribution in [2.24, 2.45) is 13.0 Å². The fraction of sp³-hybridized carbons (Fsp3) is 0.308. The molecule has 7 heteroatoms. The van der Waals surface area contributed by atoms with Gasteiger partial charge in [-0.1, -0.05) is 48.5 Å². The molecule has 3 heterocycles. The van der Waals surface area contributed by atoms with Crippen LogP contribution >= 0.6 is 0 Å². The summed E-state index contributed by atoms with van der Waals surface area (Å²) in [7, 11) is 2.01. The lowest BCUT2D eigenvalue weighted by Crippen LogP contribution is -2.42. The van der Waals surface area contributed by atoms with Crippen LogP contribution in [-0.4, -0.2) is 38.7 Å². The van der Waals surface area contributed by atoms with Gasteiger partial charge in [0.2, 0.25) is 11.9 Å². The van der Waals surface area contributed by atoms with Crippen LogP contribution in [0.3, 0.4) is 0 Å². The van der Waals surface area contributed by atoms with Crippen LogP contribution in [-0.2, 0) is 18.3 Å². The monoisotopic (exact) mass is 440 g/mol. The minimum atomic E-state index is -0.110.